The van der Waals surface area contributed by atoms with E-state index in [4.69, 9.17) is 0 Å². The van der Waals surface area contributed by atoms with Gasteiger partial charge >= 0.3 is 6.18 Å². The Labute approximate surface area is 108 Å². The molecule has 0 unspecified atom stereocenters. The normalized spacial score (nSPS) is 18.1. The van der Waals surface area contributed by atoms with E-state index in [1.165, 1.54) is 13.8 Å². The van der Waals surface area contributed by atoms with Gasteiger partial charge in [-0.15, -0.1) is 0 Å². The lowest BCUT2D eigenvalue weighted by Gasteiger charge is -2.20. The van der Waals surface area contributed by atoms with Crippen LogP contribution in [0.5, 0.6) is 0 Å². The molecule has 0 spiro atoms. The van der Waals surface area contributed by atoms with Gasteiger partial charge < -0.3 is 5.11 Å². The van der Waals surface area contributed by atoms with E-state index in [0.29, 0.717) is 0 Å². The number of sulfone groups is 1. The summed E-state index contributed by atoms with van der Waals surface area (Å²) in [6, 6.07) is 2.39. The summed E-state index contributed by atoms with van der Waals surface area (Å²) in [6.07, 6.45) is -4.56. The van der Waals surface area contributed by atoms with Crippen LogP contribution >= 0.6 is 0 Å². The van der Waals surface area contributed by atoms with Crippen molar-refractivity contribution in [2.75, 3.05) is 0 Å². The van der Waals surface area contributed by atoms with Gasteiger partial charge in [0, 0.05) is 16.5 Å². The summed E-state index contributed by atoms with van der Waals surface area (Å²) in [4.78, 5) is -0.211. The molecule has 0 aromatic heterocycles. The van der Waals surface area contributed by atoms with E-state index in [0.717, 1.165) is 23.6 Å². The maximum Gasteiger partial charge on any atom is 0.416 e. The molecule has 19 heavy (non-hydrogen) atoms. The van der Waals surface area contributed by atoms with Crippen LogP contribution in [0.1, 0.15) is 25.0 Å². The van der Waals surface area contributed by atoms with Crippen molar-refractivity contribution < 1.29 is 26.7 Å². The lowest BCUT2D eigenvalue weighted by molar-refractivity contribution is -0.137. The summed E-state index contributed by atoms with van der Waals surface area (Å²) in [6.45, 7) is 2.65. The molecule has 0 amide bonds. The molecule has 7 heteroatoms. The number of fused-ring (bicyclic) bond motifs is 1. The molecule has 0 bridgehead atoms. The summed E-state index contributed by atoms with van der Waals surface area (Å²) in [5, 5.41) is 10.7. The van der Waals surface area contributed by atoms with Crippen LogP contribution < -0.4 is 0 Å². The average Bonchev–Trinajstić information content (AvgIpc) is 2.49. The van der Waals surface area contributed by atoms with Crippen molar-refractivity contribution in [2.24, 2.45) is 0 Å². The largest absolute Gasteiger partial charge is 0.416 e. The number of halogens is 3. The van der Waals surface area contributed by atoms with Crippen LogP contribution in [-0.2, 0) is 16.0 Å². The van der Waals surface area contributed by atoms with Crippen LogP contribution in [0.15, 0.2) is 28.5 Å². The third-order valence-electron chi connectivity index (χ3n) is 2.84. The van der Waals surface area contributed by atoms with E-state index >= 15 is 0 Å². The topological polar surface area (TPSA) is 54.4 Å². The average molecular weight is 292 g/mol. The van der Waals surface area contributed by atoms with E-state index in [1.54, 1.807) is 0 Å². The van der Waals surface area contributed by atoms with E-state index in [-0.39, 0.29) is 16.0 Å². The smallest absolute Gasteiger partial charge is 0.386 e. The number of alkyl halides is 3. The van der Waals surface area contributed by atoms with E-state index in [9.17, 15) is 26.7 Å². The highest BCUT2D eigenvalue weighted by atomic mass is 32.2. The summed E-state index contributed by atoms with van der Waals surface area (Å²) in [7, 11) is -3.79. The molecule has 3 nitrogen and oxygen atoms in total. The zero-order valence-corrected chi connectivity index (χ0v) is 10.9. The van der Waals surface area contributed by atoms with Gasteiger partial charge in [0.05, 0.1) is 16.1 Å². The van der Waals surface area contributed by atoms with Crippen molar-refractivity contribution in [1.82, 2.24) is 0 Å². The lowest BCUT2D eigenvalue weighted by Crippen LogP contribution is -2.20. The molecule has 0 saturated heterocycles. The molecule has 1 aromatic carbocycles. The molecule has 104 valence electrons. The van der Waals surface area contributed by atoms with E-state index in [1.807, 2.05) is 0 Å². The van der Waals surface area contributed by atoms with Crippen molar-refractivity contribution in [1.29, 1.82) is 0 Å². The second-order valence-electron chi connectivity index (χ2n) is 4.84. The maximum atomic E-state index is 12.6. The number of rotatable bonds is 1. The molecule has 0 fully saturated rings. The highest BCUT2D eigenvalue weighted by molar-refractivity contribution is 7.95. The van der Waals surface area contributed by atoms with Crippen molar-refractivity contribution in [2.45, 2.75) is 30.5 Å². The van der Waals surface area contributed by atoms with Gasteiger partial charge in [-0.2, -0.15) is 13.2 Å². The Kier molecular flexibility index (Phi) is 2.84. The molecular formula is C12H11F3O3S. The minimum absolute atomic E-state index is 0.0337. The second-order valence-corrected chi connectivity index (χ2v) is 6.61. The van der Waals surface area contributed by atoms with Crippen LogP contribution in [0.4, 0.5) is 13.2 Å². The van der Waals surface area contributed by atoms with E-state index < -0.39 is 27.2 Å². The minimum Gasteiger partial charge on any atom is -0.386 e. The molecule has 0 aliphatic carbocycles. The molecule has 2 rings (SSSR count). The Balaban J connectivity index is 2.72. The summed E-state index contributed by atoms with van der Waals surface area (Å²) < 4.78 is 61.5. The van der Waals surface area contributed by atoms with Crippen LogP contribution in [0.25, 0.3) is 5.57 Å². The molecule has 1 aliphatic heterocycles. The van der Waals surface area contributed by atoms with Crippen molar-refractivity contribution >= 4 is 15.4 Å². The molecule has 0 saturated carbocycles. The molecule has 0 radical (unpaired) electrons. The van der Waals surface area contributed by atoms with Gasteiger partial charge in [0.15, 0.2) is 0 Å². The zero-order valence-electron chi connectivity index (χ0n) is 10.1. The first-order valence-electron chi connectivity index (χ1n) is 5.34. The highest BCUT2D eigenvalue weighted by Gasteiger charge is 2.38. The monoisotopic (exact) mass is 292 g/mol. The first-order chi connectivity index (χ1) is 8.43. The Hall–Kier alpha value is -1.34. The van der Waals surface area contributed by atoms with Gasteiger partial charge in [0.25, 0.3) is 0 Å². The number of benzene rings is 1. The molecule has 0 atom stereocenters. The number of aliphatic hydroxyl groups is 1. The van der Waals surface area contributed by atoms with Crippen molar-refractivity contribution in [3.8, 4) is 0 Å². The zero-order chi connectivity index (χ0) is 14.6. The fraction of sp³-hybridized carbons (Fsp3) is 0.333. The SMILES string of the molecule is CC(C)(O)C1=CS(=O)(=O)c2ccc(C(F)(F)F)cc21. The van der Waals surface area contributed by atoms with Gasteiger partial charge in [-0.1, -0.05) is 0 Å². The maximum absolute atomic E-state index is 12.6. The Morgan fingerprint density at radius 1 is 1.16 bits per heavy atom. The first-order valence-corrected chi connectivity index (χ1v) is 6.89. The summed E-state index contributed by atoms with van der Waals surface area (Å²) in [5.41, 5.74) is -2.61. The lowest BCUT2D eigenvalue weighted by atomic mass is 9.92. The van der Waals surface area contributed by atoms with Crippen LogP contribution in [0.3, 0.4) is 0 Å². The predicted octanol–water partition coefficient (Wildman–Crippen LogP) is 2.60. The third-order valence-corrected chi connectivity index (χ3v) is 4.35. The minimum atomic E-state index is -4.56. The predicted molar refractivity (Wildman–Crippen MR) is 62.9 cm³/mol. The molecule has 1 heterocycles. The highest BCUT2D eigenvalue weighted by Crippen LogP contribution is 2.42. The fourth-order valence-electron chi connectivity index (χ4n) is 1.92. The number of hydrogen-bond acceptors (Lipinski definition) is 3. The van der Waals surface area contributed by atoms with Gasteiger partial charge in [-0.05, 0) is 32.0 Å². The van der Waals surface area contributed by atoms with E-state index in [2.05, 4.69) is 0 Å². The van der Waals surface area contributed by atoms with Gasteiger partial charge in [-0.3, -0.25) is 0 Å². The Morgan fingerprint density at radius 2 is 1.74 bits per heavy atom. The van der Waals surface area contributed by atoms with Gasteiger partial charge in [0.1, 0.15) is 0 Å². The third kappa shape index (κ3) is 2.40. The standard InChI is InChI=1S/C12H11F3O3S/c1-11(2,16)9-6-19(17,18)10-4-3-7(5-8(9)10)12(13,14)15/h3-6,16H,1-2H3. The van der Waals surface area contributed by atoms with Crippen LogP contribution in [0, 0.1) is 0 Å². The fourth-order valence-corrected chi connectivity index (χ4v) is 3.51. The first kappa shape index (κ1) is 14.1. The molecule has 1 N–H and O–H groups in total. The van der Waals surface area contributed by atoms with Gasteiger partial charge in [-0.25, -0.2) is 8.42 Å². The summed E-state index contributed by atoms with van der Waals surface area (Å²) >= 11 is 0. The molecule has 1 aromatic rings. The van der Waals surface area contributed by atoms with Crippen molar-refractivity contribution in [3.05, 3.63) is 34.7 Å². The van der Waals surface area contributed by atoms with Gasteiger partial charge in [0.2, 0.25) is 9.84 Å². The molecule has 1 aliphatic rings. The quantitative estimate of drug-likeness (QED) is 0.865. The van der Waals surface area contributed by atoms with Crippen molar-refractivity contribution in [3.63, 3.8) is 0 Å². The van der Waals surface area contributed by atoms with Crippen LogP contribution in [0.2, 0.25) is 0 Å². The van der Waals surface area contributed by atoms with Crippen LogP contribution in [-0.4, -0.2) is 19.1 Å². The molecular weight excluding hydrogens is 281 g/mol. The number of hydrogen-bond donors (Lipinski definition) is 1. The Morgan fingerprint density at radius 3 is 2.21 bits per heavy atom. The second kappa shape index (κ2) is 3.83. The Bertz CT molecular complexity index is 664. The summed E-state index contributed by atoms with van der Waals surface area (Å²) in [5.74, 6) is 0.